The van der Waals surface area contributed by atoms with Crippen molar-refractivity contribution >= 4 is 34.1 Å². The van der Waals surface area contributed by atoms with Crippen LogP contribution in [0.25, 0.3) is 16.6 Å². The highest BCUT2D eigenvalue weighted by Gasteiger charge is 2.29. The first kappa shape index (κ1) is 28.7. The van der Waals surface area contributed by atoms with E-state index in [0.29, 0.717) is 45.0 Å². The summed E-state index contributed by atoms with van der Waals surface area (Å²) in [4.78, 5) is 45.9. The number of hydrogen-bond donors (Lipinski definition) is 0. The minimum Gasteiger partial charge on any atom is -0.328 e. The average molecular weight is 581 g/mol. The molecule has 0 bridgehead atoms. The Morgan fingerprint density at radius 1 is 1.00 bits per heavy atom. The van der Waals surface area contributed by atoms with E-state index in [1.165, 1.54) is 10.6 Å². The van der Waals surface area contributed by atoms with Crippen LogP contribution in [0.3, 0.4) is 0 Å². The Hall–Kier alpha value is -4.82. The monoisotopic (exact) mass is 580 g/mol. The lowest BCUT2D eigenvalue weighted by Crippen LogP contribution is -2.39. The molecule has 0 aliphatic heterocycles. The first-order valence-corrected chi connectivity index (χ1v) is 13.9. The number of carbonyl (C=O) groups is 1. The van der Waals surface area contributed by atoms with E-state index in [1.54, 1.807) is 60.4 Å². The van der Waals surface area contributed by atoms with Crippen LogP contribution in [0.15, 0.2) is 95.8 Å². The summed E-state index contributed by atoms with van der Waals surface area (Å²) >= 11 is 6.47. The van der Waals surface area contributed by atoms with Crippen LogP contribution in [0.2, 0.25) is 5.02 Å². The van der Waals surface area contributed by atoms with Crippen LogP contribution in [-0.4, -0.2) is 31.8 Å². The van der Waals surface area contributed by atoms with Crippen molar-refractivity contribution in [1.29, 1.82) is 0 Å². The van der Waals surface area contributed by atoms with E-state index in [2.05, 4.69) is 0 Å². The van der Waals surface area contributed by atoms with Gasteiger partial charge in [-0.25, -0.2) is 4.98 Å². The molecule has 0 saturated heterocycles. The Morgan fingerprint density at radius 2 is 1.71 bits per heavy atom. The smallest absolute Gasteiger partial charge is 0.273 e. The third kappa shape index (κ3) is 5.53. The van der Waals surface area contributed by atoms with Crippen LogP contribution in [0.4, 0.5) is 5.69 Å². The summed E-state index contributed by atoms with van der Waals surface area (Å²) in [6.45, 7) is 5.56. The van der Waals surface area contributed by atoms with E-state index in [4.69, 9.17) is 16.6 Å². The van der Waals surface area contributed by atoms with Crippen molar-refractivity contribution in [3.05, 3.63) is 145 Å². The molecular formula is C33H29ClN4O4. The largest absolute Gasteiger partial charge is 0.328 e. The predicted octanol–water partition coefficient (Wildman–Crippen LogP) is 7.01. The number of nitro groups is 1. The van der Waals surface area contributed by atoms with Crippen molar-refractivity contribution in [3.63, 3.8) is 0 Å². The second-order valence-electron chi connectivity index (χ2n) is 10.2. The number of para-hydroxylation sites is 1. The van der Waals surface area contributed by atoms with Crippen molar-refractivity contribution in [1.82, 2.24) is 14.5 Å². The number of benzene rings is 4. The molecule has 5 aromatic rings. The number of halogens is 1. The van der Waals surface area contributed by atoms with Gasteiger partial charge in [0.25, 0.3) is 17.2 Å². The summed E-state index contributed by atoms with van der Waals surface area (Å²) in [5.74, 6) is -0.0506. The van der Waals surface area contributed by atoms with Crippen LogP contribution < -0.4 is 5.56 Å². The summed E-state index contributed by atoms with van der Waals surface area (Å²) in [7, 11) is 0. The maximum atomic E-state index is 14.2. The van der Waals surface area contributed by atoms with Gasteiger partial charge in [-0.15, -0.1) is 0 Å². The van der Waals surface area contributed by atoms with E-state index < -0.39 is 16.9 Å². The second-order valence-corrected chi connectivity index (χ2v) is 10.6. The van der Waals surface area contributed by atoms with E-state index in [-0.39, 0.29) is 23.4 Å². The molecule has 0 aliphatic rings. The number of rotatable bonds is 8. The molecule has 9 heteroatoms. The van der Waals surface area contributed by atoms with Gasteiger partial charge in [0.05, 0.1) is 27.6 Å². The summed E-state index contributed by atoms with van der Waals surface area (Å²) in [5.41, 5.74) is 3.01. The molecule has 0 N–H and O–H groups in total. The van der Waals surface area contributed by atoms with Crippen LogP contribution in [0.1, 0.15) is 45.8 Å². The lowest BCUT2D eigenvalue weighted by molar-refractivity contribution is -0.385. The molecule has 0 aliphatic carbocycles. The van der Waals surface area contributed by atoms with Crippen molar-refractivity contribution in [2.75, 3.05) is 6.54 Å². The average Bonchev–Trinajstić information content (AvgIpc) is 2.99. The van der Waals surface area contributed by atoms with Crippen molar-refractivity contribution in [3.8, 4) is 5.69 Å². The lowest BCUT2D eigenvalue weighted by atomic mass is 10.1. The second kappa shape index (κ2) is 12.0. The van der Waals surface area contributed by atoms with E-state index in [0.717, 1.165) is 5.56 Å². The summed E-state index contributed by atoms with van der Waals surface area (Å²) in [6.07, 6.45) is 0.527. The first-order chi connectivity index (χ1) is 20.2. The Balaban J connectivity index is 1.69. The molecule has 0 radical (unpaired) electrons. The third-order valence-corrected chi connectivity index (χ3v) is 7.93. The fourth-order valence-electron chi connectivity index (χ4n) is 5.11. The van der Waals surface area contributed by atoms with Gasteiger partial charge >= 0.3 is 0 Å². The minimum atomic E-state index is -0.697. The Bertz CT molecular complexity index is 1870. The minimum absolute atomic E-state index is 0.133. The van der Waals surface area contributed by atoms with Crippen LogP contribution >= 0.6 is 11.6 Å². The molecule has 212 valence electrons. The fourth-order valence-corrected chi connectivity index (χ4v) is 5.28. The van der Waals surface area contributed by atoms with Crippen molar-refractivity contribution < 1.29 is 9.72 Å². The van der Waals surface area contributed by atoms with Crippen molar-refractivity contribution in [2.24, 2.45) is 0 Å². The topological polar surface area (TPSA) is 98.3 Å². The molecule has 0 spiro atoms. The summed E-state index contributed by atoms with van der Waals surface area (Å²) < 4.78 is 1.52. The van der Waals surface area contributed by atoms with Gasteiger partial charge in [0, 0.05) is 28.8 Å². The van der Waals surface area contributed by atoms with Gasteiger partial charge in [-0.1, -0.05) is 66.2 Å². The number of nitro benzene ring substituents is 1. The zero-order chi connectivity index (χ0) is 30.0. The number of amides is 1. The highest BCUT2D eigenvalue weighted by atomic mass is 35.5. The summed E-state index contributed by atoms with van der Waals surface area (Å²) in [5, 5.41) is 12.6. The van der Waals surface area contributed by atoms with E-state index in [9.17, 15) is 19.7 Å². The normalized spacial score (nSPS) is 11.8. The fraction of sp³-hybridized carbons (Fsp3) is 0.182. The molecule has 8 nitrogen and oxygen atoms in total. The van der Waals surface area contributed by atoms with Gasteiger partial charge in [-0.05, 0) is 68.7 Å². The van der Waals surface area contributed by atoms with Crippen LogP contribution in [0, 0.1) is 24.0 Å². The van der Waals surface area contributed by atoms with Crippen LogP contribution in [-0.2, 0) is 6.42 Å². The Labute approximate surface area is 248 Å². The Morgan fingerprint density at radius 3 is 2.45 bits per heavy atom. The molecule has 0 fully saturated rings. The van der Waals surface area contributed by atoms with Gasteiger partial charge in [0.2, 0.25) is 0 Å². The van der Waals surface area contributed by atoms with E-state index in [1.807, 2.05) is 50.2 Å². The molecule has 5 rings (SSSR count). The number of nitrogens with zero attached hydrogens (tertiary/aromatic N) is 4. The van der Waals surface area contributed by atoms with Crippen LogP contribution in [0.5, 0.6) is 0 Å². The molecule has 0 saturated carbocycles. The number of aromatic nitrogens is 2. The maximum absolute atomic E-state index is 14.2. The van der Waals surface area contributed by atoms with Gasteiger partial charge in [0.15, 0.2) is 0 Å². The van der Waals surface area contributed by atoms with Gasteiger partial charge < -0.3 is 4.90 Å². The lowest BCUT2D eigenvalue weighted by Gasteiger charge is -2.31. The van der Waals surface area contributed by atoms with Gasteiger partial charge in [-0.2, -0.15) is 0 Å². The molecule has 1 heterocycles. The molecule has 1 unspecified atom stereocenters. The highest BCUT2D eigenvalue weighted by Crippen LogP contribution is 2.29. The standard InChI is InChI=1S/C33H29ClN4O4/c1-21-16-17-25(20-30(21)38(41)42)32(39)36(19-18-24-10-5-4-6-11-24)23(3)31-35-28-14-8-7-12-26(28)33(40)37(31)29-15-9-13-27(34)22(29)2/h4-17,20,23H,18-19H2,1-3H3. The predicted molar refractivity (Wildman–Crippen MR) is 165 cm³/mol. The number of aryl methyl sites for hydroxylation is 1. The molecule has 1 aromatic heterocycles. The van der Waals surface area contributed by atoms with Gasteiger partial charge in [-0.3, -0.25) is 24.3 Å². The summed E-state index contributed by atoms with van der Waals surface area (Å²) in [6, 6.07) is 25.9. The number of hydrogen-bond acceptors (Lipinski definition) is 5. The first-order valence-electron chi connectivity index (χ1n) is 13.5. The quantitative estimate of drug-likeness (QED) is 0.145. The highest BCUT2D eigenvalue weighted by molar-refractivity contribution is 6.31. The van der Waals surface area contributed by atoms with Gasteiger partial charge in [0.1, 0.15) is 5.82 Å². The zero-order valence-electron chi connectivity index (χ0n) is 23.5. The number of fused-ring (bicyclic) bond motifs is 1. The van der Waals surface area contributed by atoms with E-state index >= 15 is 0 Å². The Kier molecular flexibility index (Phi) is 8.17. The molecule has 42 heavy (non-hydrogen) atoms. The molecule has 1 amide bonds. The maximum Gasteiger partial charge on any atom is 0.273 e. The molecule has 4 aromatic carbocycles. The SMILES string of the molecule is Cc1ccc(C(=O)N(CCc2ccccc2)C(C)c2nc3ccccc3c(=O)n2-c2cccc(Cl)c2C)cc1[N+](=O)[O-]. The third-order valence-electron chi connectivity index (χ3n) is 7.52. The number of carbonyl (C=O) groups excluding carboxylic acids is 1. The molecule has 1 atom stereocenters. The molecular weight excluding hydrogens is 552 g/mol. The zero-order valence-corrected chi connectivity index (χ0v) is 24.2. The van der Waals surface area contributed by atoms with Crippen molar-refractivity contribution in [2.45, 2.75) is 33.2 Å².